The Morgan fingerprint density at radius 1 is 1.06 bits per heavy atom. The Morgan fingerprint density at radius 2 is 1.73 bits per heavy atom. The lowest BCUT2D eigenvalue weighted by Gasteiger charge is -2.41. The van der Waals surface area contributed by atoms with E-state index in [2.05, 4.69) is 20.4 Å². The van der Waals surface area contributed by atoms with Crippen molar-refractivity contribution < 1.29 is 18.0 Å². The number of carbonyl (C=O) groups is 1. The van der Waals surface area contributed by atoms with Crippen LogP contribution in [0.3, 0.4) is 0 Å². The zero-order chi connectivity index (χ0) is 23.8. The molecule has 1 N–H and O–H groups in total. The Hall–Kier alpha value is -2.84. The molecule has 6 nitrogen and oxygen atoms in total. The van der Waals surface area contributed by atoms with Crippen molar-refractivity contribution in [2.75, 3.05) is 24.5 Å². The number of urea groups is 1. The standard InChI is InChI=1S/C24H30F3N5O/c1-15-14-31(23(33)28-20-8-10-24(26,27)11-9-20)12-13-32(15)22-17(3)16(2)21(29-30-22)18-4-6-19(25)7-5-18/h4-7,15,20H,8-14H2,1-3H3,(H,28,33)/t15-/m1/s1. The quantitative estimate of drug-likeness (QED) is 0.720. The van der Waals surface area contributed by atoms with Gasteiger partial charge in [-0.1, -0.05) is 0 Å². The van der Waals surface area contributed by atoms with Crippen LogP contribution in [0.25, 0.3) is 11.3 Å². The largest absolute Gasteiger partial charge is 0.349 e. The molecule has 2 aromatic rings. The zero-order valence-electron chi connectivity index (χ0n) is 19.2. The van der Waals surface area contributed by atoms with Gasteiger partial charge in [0.05, 0.1) is 5.69 Å². The van der Waals surface area contributed by atoms with Crippen LogP contribution in [0.15, 0.2) is 24.3 Å². The number of carbonyl (C=O) groups excluding carboxylic acids is 1. The number of benzene rings is 1. The number of hydrogen-bond donors (Lipinski definition) is 1. The van der Waals surface area contributed by atoms with E-state index in [1.807, 2.05) is 20.8 Å². The summed E-state index contributed by atoms with van der Waals surface area (Å²) in [6.07, 6.45) is 0.270. The third kappa shape index (κ3) is 5.07. The minimum atomic E-state index is -2.61. The third-order valence-electron chi connectivity index (χ3n) is 6.85. The lowest BCUT2D eigenvalue weighted by Crippen LogP contribution is -2.57. The molecule has 2 fully saturated rings. The van der Waals surface area contributed by atoms with Crippen molar-refractivity contribution in [2.24, 2.45) is 0 Å². The molecule has 9 heteroatoms. The number of nitrogens with zero attached hydrogens (tertiary/aromatic N) is 4. The van der Waals surface area contributed by atoms with Gasteiger partial charge in [0.25, 0.3) is 0 Å². The maximum absolute atomic E-state index is 13.4. The lowest BCUT2D eigenvalue weighted by molar-refractivity contribution is -0.0398. The highest BCUT2D eigenvalue weighted by molar-refractivity contribution is 5.75. The summed E-state index contributed by atoms with van der Waals surface area (Å²) >= 11 is 0. The fourth-order valence-corrected chi connectivity index (χ4v) is 4.65. The minimum absolute atomic E-state index is 0.0178. The summed E-state index contributed by atoms with van der Waals surface area (Å²) in [5.41, 5.74) is 3.51. The number of anilines is 1. The molecule has 1 aromatic carbocycles. The number of alkyl halides is 2. The van der Waals surface area contributed by atoms with Gasteiger partial charge in [0.1, 0.15) is 5.82 Å². The third-order valence-corrected chi connectivity index (χ3v) is 6.85. The average molecular weight is 462 g/mol. The Balaban J connectivity index is 1.41. The van der Waals surface area contributed by atoms with Crippen LogP contribution in [0, 0.1) is 19.7 Å². The molecule has 1 aromatic heterocycles. The van der Waals surface area contributed by atoms with Gasteiger partial charge >= 0.3 is 6.03 Å². The van der Waals surface area contributed by atoms with E-state index in [1.54, 1.807) is 17.0 Å². The molecule has 1 aliphatic carbocycles. The van der Waals surface area contributed by atoms with Crippen molar-refractivity contribution in [3.8, 4) is 11.3 Å². The summed E-state index contributed by atoms with van der Waals surface area (Å²) in [5, 5.41) is 11.8. The molecule has 1 aliphatic heterocycles. The second-order valence-electron chi connectivity index (χ2n) is 9.20. The van der Waals surface area contributed by atoms with Crippen molar-refractivity contribution in [3.63, 3.8) is 0 Å². The molecule has 178 valence electrons. The van der Waals surface area contributed by atoms with E-state index in [1.165, 1.54) is 12.1 Å². The van der Waals surface area contributed by atoms with Crippen molar-refractivity contribution in [3.05, 3.63) is 41.2 Å². The molecule has 2 heterocycles. The van der Waals surface area contributed by atoms with Gasteiger partial charge in [0, 0.05) is 50.1 Å². The number of hydrogen-bond acceptors (Lipinski definition) is 4. The molecule has 1 saturated heterocycles. The number of piperazine rings is 1. The van der Waals surface area contributed by atoms with Crippen LogP contribution < -0.4 is 10.2 Å². The van der Waals surface area contributed by atoms with Crippen LogP contribution in [-0.4, -0.2) is 58.8 Å². The van der Waals surface area contributed by atoms with Gasteiger partial charge in [-0.25, -0.2) is 18.0 Å². The molecule has 0 unspecified atom stereocenters. The van der Waals surface area contributed by atoms with Crippen LogP contribution in [0.1, 0.15) is 43.7 Å². The molecule has 0 bridgehead atoms. The molecular weight excluding hydrogens is 431 g/mol. The number of halogens is 3. The molecular formula is C24H30F3N5O. The summed E-state index contributed by atoms with van der Waals surface area (Å²) in [6, 6.07) is 5.83. The predicted octanol–water partition coefficient (Wildman–Crippen LogP) is 4.70. The van der Waals surface area contributed by atoms with Crippen molar-refractivity contribution in [1.29, 1.82) is 0 Å². The van der Waals surface area contributed by atoms with E-state index in [4.69, 9.17) is 0 Å². The van der Waals surface area contributed by atoms with E-state index >= 15 is 0 Å². The fraction of sp³-hybridized carbons (Fsp3) is 0.542. The smallest absolute Gasteiger partial charge is 0.317 e. The minimum Gasteiger partial charge on any atom is -0.349 e. The molecule has 1 atom stereocenters. The lowest BCUT2D eigenvalue weighted by atomic mass is 9.92. The molecule has 0 spiro atoms. The number of amides is 2. The van der Waals surface area contributed by atoms with E-state index in [-0.39, 0.29) is 36.8 Å². The normalized spacial score (nSPS) is 21.2. The van der Waals surface area contributed by atoms with Crippen LogP contribution >= 0.6 is 0 Å². The Morgan fingerprint density at radius 3 is 2.36 bits per heavy atom. The van der Waals surface area contributed by atoms with Gasteiger partial charge in [-0.15, -0.1) is 10.2 Å². The van der Waals surface area contributed by atoms with Crippen LogP contribution in [-0.2, 0) is 0 Å². The zero-order valence-corrected chi connectivity index (χ0v) is 19.2. The molecule has 2 aliphatic rings. The Labute approximate surface area is 192 Å². The highest BCUT2D eigenvalue weighted by atomic mass is 19.3. The average Bonchev–Trinajstić information content (AvgIpc) is 2.78. The monoisotopic (exact) mass is 461 g/mol. The van der Waals surface area contributed by atoms with E-state index < -0.39 is 5.92 Å². The predicted molar refractivity (Wildman–Crippen MR) is 121 cm³/mol. The highest BCUT2D eigenvalue weighted by Gasteiger charge is 2.36. The van der Waals surface area contributed by atoms with Crippen LogP contribution in [0.4, 0.5) is 23.8 Å². The first-order chi connectivity index (χ1) is 15.6. The second kappa shape index (κ2) is 9.19. The Kier molecular flexibility index (Phi) is 6.50. The van der Waals surface area contributed by atoms with E-state index in [0.717, 1.165) is 28.2 Å². The van der Waals surface area contributed by atoms with Crippen molar-refractivity contribution >= 4 is 11.8 Å². The van der Waals surface area contributed by atoms with Crippen LogP contribution in [0.2, 0.25) is 0 Å². The Bertz CT molecular complexity index is 1000. The first-order valence-corrected chi connectivity index (χ1v) is 11.4. The van der Waals surface area contributed by atoms with Crippen LogP contribution in [0.5, 0.6) is 0 Å². The maximum Gasteiger partial charge on any atom is 0.317 e. The molecule has 33 heavy (non-hydrogen) atoms. The number of nitrogens with one attached hydrogen (secondary N) is 1. The maximum atomic E-state index is 13.4. The highest BCUT2D eigenvalue weighted by Crippen LogP contribution is 2.33. The van der Waals surface area contributed by atoms with Gasteiger partial charge in [-0.3, -0.25) is 0 Å². The van der Waals surface area contributed by atoms with Crippen molar-refractivity contribution in [1.82, 2.24) is 20.4 Å². The van der Waals surface area contributed by atoms with Gasteiger partial charge in [0.15, 0.2) is 5.82 Å². The molecule has 2 amide bonds. The van der Waals surface area contributed by atoms with Gasteiger partial charge in [-0.2, -0.15) is 0 Å². The molecule has 4 rings (SSSR count). The summed E-state index contributed by atoms with van der Waals surface area (Å²) in [4.78, 5) is 16.6. The number of rotatable bonds is 3. The summed E-state index contributed by atoms with van der Waals surface area (Å²) in [6.45, 7) is 7.63. The second-order valence-corrected chi connectivity index (χ2v) is 9.20. The van der Waals surface area contributed by atoms with E-state index in [0.29, 0.717) is 32.5 Å². The van der Waals surface area contributed by atoms with Crippen molar-refractivity contribution in [2.45, 2.75) is 64.5 Å². The SMILES string of the molecule is Cc1c(-c2ccc(F)cc2)nnc(N2CCN(C(=O)NC3CCC(F)(F)CC3)C[C@H]2C)c1C. The summed E-state index contributed by atoms with van der Waals surface area (Å²) in [5.74, 6) is -2.12. The van der Waals surface area contributed by atoms with Gasteiger partial charge in [-0.05, 0) is 69.0 Å². The summed E-state index contributed by atoms with van der Waals surface area (Å²) < 4.78 is 40.0. The summed E-state index contributed by atoms with van der Waals surface area (Å²) in [7, 11) is 0. The van der Waals surface area contributed by atoms with Gasteiger partial charge < -0.3 is 15.1 Å². The first kappa shape index (κ1) is 23.3. The fourth-order valence-electron chi connectivity index (χ4n) is 4.65. The van der Waals surface area contributed by atoms with Gasteiger partial charge in [0.2, 0.25) is 5.92 Å². The molecule has 1 saturated carbocycles. The van der Waals surface area contributed by atoms with E-state index in [9.17, 15) is 18.0 Å². The first-order valence-electron chi connectivity index (χ1n) is 11.4. The number of aromatic nitrogens is 2. The topological polar surface area (TPSA) is 61.4 Å². The molecule has 0 radical (unpaired) electrons.